The number of nitrogens with one attached hydrogen (secondary N) is 1. The summed E-state index contributed by atoms with van der Waals surface area (Å²) in [5, 5.41) is 7.01. The molecule has 1 unspecified atom stereocenters. The fourth-order valence-electron chi connectivity index (χ4n) is 3.60. The van der Waals surface area contributed by atoms with Crippen molar-refractivity contribution in [2.75, 3.05) is 0 Å². The lowest BCUT2D eigenvalue weighted by atomic mass is 10.1. The highest BCUT2D eigenvalue weighted by molar-refractivity contribution is 5.76. The van der Waals surface area contributed by atoms with Crippen LogP contribution in [0.15, 0.2) is 82.2 Å². The fraction of sp³-hybridized carbons (Fsp3) is 0.231. The molecule has 168 valence electrons. The molecule has 2 heterocycles. The van der Waals surface area contributed by atoms with Crippen LogP contribution in [0.25, 0.3) is 22.8 Å². The van der Waals surface area contributed by atoms with E-state index in [0.717, 1.165) is 24.0 Å². The molecule has 0 spiro atoms. The smallest absolute Gasteiger partial charge is 0.259 e. The van der Waals surface area contributed by atoms with Gasteiger partial charge in [-0.15, -0.1) is 0 Å². The molecule has 0 saturated heterocycles. The van der Waals surface area contributed by atoms with E-state index < -0.39 is 0 Å². The number of carbonyl (C=O) groups is 1. The first-order chi connectivity index (χ1) is 16.0. The molecule has 4 rings (SSSR count). The van der Waals surface area contributed by atoms with Crippen LogP contribution in [0.4, 0.5) is 0 Å². The Balaban J connectivity index is 1.41. The second kappa shape index (κ2) is 10.1. The van der Waals surface area contributed by atoms with Crippen molar-refractivity contribution in [3.05, 3.63) is 94.4 Å². The van der Waals surface area contributed by atoms with E-state index in [0.29, 0.717) is 11.4 Å². The number of aromatic nitrogens is 3. The first-order valence-corrected chi connectivity index (χ1v) is 10.9. The minimum atomic E-state index is -0.274. The number of hydrogen-bond donors (Lipinski definition) is 1. The molecule has 1 N–H and O–H groups in total. The summed E-state index contributed by atoms with van der Waals surface area (Å²) in [6.45, 7) is 3.88. The van der Waals surface area contributed by atoms with Gasteiger partial charge < -0.3 is 14.4 Å². The summed E-state index contributed by atoms with van der Waals surface area (Å²) >= 11 is 0. The van der Waals surface area contributed by atoms with Crippen molar-refractivity contribution in [3.8, 4) is 22.8 Å². The SMILES string of the molecule is Cc1cccc(-c2noc(-c3ccc(=O)n(CC(=O)NC(C)CCc4ccccc4)c3)n2)c1. The van der Waals surface area contributed by atoms with Gasteiger partial charge in [-0.2, -0.15) is 4.98 Å². The normalized spacial score (nSPS) is 11.8. The third kappa shape index (κ3) is 5.83. The van der Waals surface area contributed by atoms with Gasteiger partial charge >= 0.3 is 0 Å². The molecule has 2 aromatic heterocycles. The van der Waals surface area contributed by atoms with Gasteiger partial charge in [0.25, 0.3) is 11.4 Å². The molecule has 0 radical (unpaired) electrons. The van der Waals surface area contributed by atoms with Gasteiger partial charge in [0.05, 0.1) is 5.56 Å². The number of benzene rings is 2. The van der Waals surface area contributed by atoms with Crippen molar-refractivity contribution in [1.82, 2.24) is 20.0 Å². The van der Waals surface area contributed by atoms with Crippen LogP contribution in [0.5, 0.6) is 0 Å². The number of nitrogens with zero attached hydrogens (tertiary/aromatic N) is 3. The summed E-state index contributed by atoms with van der Waals surface area (Å²) in [4.78, 5) is 29.3. The maximum absolute atomic E-state index is 12.5. The van der Waals surface area contributed by atoms with Crippen LogP contribution in [0.1, 0.15) is 24.5 Å². The number of rotatable bonds is 8. The second-order valence-corrected chi connectivity index (χ2v) is 8.17. The Morgan fingerprint density at radius 2 is 1.88 bits per heavy atom. The van der Waals surface area contributed by atoms with Crippen molar-refractivity contribution >= 4 is 5.91 Å². The zero-order chi connectivity index (χ0) is 23.2. The molecule has 0 aliphatic rings. The molecule has 1 amide bonds. The average Bonchev–Trinajstić information content (AvgIpc) is 3.30. The highest BCUT2D eigenvalue weighted by Gasteiger charge is 2.14. The second-order valence-electron chi connectivity index (χ2n) is 8.17. The number of aryl methyl sites for hydroxylation is 2. The Kier molecular flexibility index (Phi) is 6.78. The van der Waals surface area contributed by atoms with Crippen LogP contribution in [-0.4, -0.2) is 26.7 Å². The Morgan fingerprint density at radius 3 is 2.67 bits per heavy atom. The van der Waals surface area contributed by atoms with Crippen LogP contribution >= 0.6 is 0 Å². The van der Waals surface area contributed by atoms with E-state index in [9.17, 15) is 9.59 Å². The molecular weight excluding hydrogens is 416 g/mol. The molecule has 2 aromatic carbocycles. The van der Waals surface area contributed by atoms with E-state index in [4.69, 9.17) is 4.52 Å². The maximum atomic E-state index is 12.5. The molecule has 0 aliphatic carbocycles. The summed E-state index contributed by atoms with van der Waals surface area (Å²) in [5.74, 6) is 0.536. The van der Waals surface area contributed by atoms with E-state index in [1.165, 1.54) is 16.2 Å². The van der Waals surface area contributed by atoms with Crippen molar-refractivity contribution in [1.29, 1.82) is 0 Å². The van der Waals surface area contributed by atoms with Crippen molar-refractivity contribution in [3.63, 3.8) is 0 Å². The lowest BCUT2D eigenvalue weighted by molar-refractivity contribution is -0.122. The van der Waals surface area contributed by atoms with Gasteiger partial charge in [-0.3, -0.25) is 9.59 Å². The van der Waals surface area contributed by atoms with Gasteiger partial charge in [0, 0.05) is 23.9 Å². The molecule has 0 fully saturated rings. The van der Waals surface area contributed by atoms with E-state index in [-0.39, 0.29) is 29.9 Å². The Morgan fingerprint density at radius 1 is 1.06 bits per heavy atom. The van der Waals surface area contributed by atoms with E-state index in [1.54, 1.807) is 12.3 Å². The largest absolute Gasteiger partial charge is 0.352 e. The Hall–Kier alpha value is -4.00. The highest BCUT2D eigenvalue weighted by atomic mass is 16.5. The quantitative estimate of drug-likeness (QED) is 0.445. The monoisotopic (exact) mass is 442 g/mol. The standard InChI is InChI=1S/C26H26N4O3/c1-18-7-6-10-21(15-18)25-28-26(33-29-25)22-13-14-24(32)30(16-22)17-23(31)27-19(2)11-12-20-8-4-3-5-9-20/h3-10,13-16,19H,11-12,17H2,1-2H3,(H,27,31). The minimum Gasteiger partial charge on any atom is -0.352 e. The van der Waals surface area contributed by atoms with Gasteiger partial charge in [-0.25, -0.2) is 0 Å². The van der Waals surface area contributed by atoms with E-state index >= 15 is 0 Å². The van der Waals surface area contributed by atoms with Crippen molar-refractivity contribution in [2.45, 2.75) is 39.3 Å². The molecule has 4 aromatic rings. The van der Waals surface area contributed by atoms with Crippen LogP contribution in [0.3, 0.4) is 0 Å². The van der Waals surface area contributed by atoms with Gasteiger partial charge in [0.1, 0.15) is 6.54 Å². The molecule has 0 aliphatic heterocycles. The lowest BCUT2D eigenvalue weighted by Gasteiger charge is -2.14. The number of carbonyl (C=O) groups excluding carboxylic acids is 1. The lowest BCUT2D eigenvalue weighted by Crippen LogP contribution is -2.37. The summed E-state index contributed by atoms with van der Waals surface area (Å²) in [6, 6.07) is 20.9. The molecule has 1 atom stereocenters. The highest BCUT2D eigenvalue weighted by Crippen LogP contribution is 2.22. The Labute approximate surface area is 192 Å². The summed E-state index contributed by atoms with van der Waals surface area (Å²) in [7, 11) is 0. The summed E-state index contributed by atoms with van der Waals surface area (Å²) < 4.78 is 6.76. The topological polar surface area (TPSA) is 90.0 Å². The molecule has 0 bridgehead atoms. The average molecular weight is 443 g/mol. The maximum Gasteiger partial charge on any atom is 0.259 e. The molecule has 7 heteroatoms. The molecule has 7 nitrogen and oxygen atoms in total. The van der Waals surface area contributed by atoms with E-state index in [2.05, 4.69) is 27.6 Å². The van der Waals surface area contributed by atoms with Gasteiger partial charge in [-0.05, 0) is 44.4 Å². The third-order valence-corrected chi connectivity index (χ3v) is 5.36. The van der Waals surface area contributed by atoms with Crippen molar-refractivity contribution in [2.24, 2.45) is 0 Å². The van der Waals surface area contributed by atoms with Crippen LogP contribution in [-0.2, 0) is 17.8 Å². The fourth-order valence-corrected chi connectivity index (χ4v) is 3.60. The Bertz CT molecular complexity index is 1290. The third-order valence-electron chi connectivity index (χ3n) is 5.36. The number of hydrogen-bond acceptors (Lipinski definition) is 5. The minimum absolute atomic E-state index is 0.00980. The zero-order valence-electron chi connectivity index (χ0n) is 18.7. The summed E-state index contributed by atoms with van der Waals surface area (Å²) in [6.07, 6.45) is 3.26. The van der Waals surface area contributed by atoms with Crippen LogP contribution in [0.2, 0.25) is 0 Å². The van der Waals surface area contributed by atoms with Crippen LogP contribution < -0.4 is 10.9 Å². The first-order valence-electron chi connectivity index (χ1n) is 10.9. The van der Waals surface area contributed by atoms with E-state index in [1.807, 2.05) is 56.3 Å². The first kappa shape index (κ1) is 22.2. The van der Waals surface area contributed by atoms with Crippen LogP contribution in [0, 0.1) is 6.92 Å². The number of amides is 1. The molecule has 0 saturated carbocycles. The predicted octanol–water partition coefficient (Wildman–Crippen LogP) is 4.01. The molecular formula is C26H26N4O3. The summed E-state index contributed by atoms with van der Waals surface area (Å²) in [5.41, 5.74) is 3.47. The van der Waals surface area contributed by atoms with Crippen molar-refractivity contribution < 1.29 is 9.32 Å². The van der Waals surface area contributed by atoms with Gasteiger partial charge in [-0.1, -0.05) is 59.3 Å². The molecule has 33 heavy (non-hydrogen) atoms. The number of pyridine rings is 1. The predicted molar refractivity (Wildman–Crippen MR) is 127 cm³/mol. The van der Waals surface area contributed by atoms with Gasteiger partial charge in [0.2, 0.25) is 11.7 Å². The zero-order valence-corrected chi connectivity index (χ0v) is 18.7. The van der Waals surface area contributed by atoms with Gasteiger partial charge in [0.15, 0.2) is 0 Å².